The molecule has 0 amide bonds. The molecular weight excluding hydrogens is 296 g/mol. The van der Waals surface area contributed by atoms with Crippen molar-refractivity contribution in [3.8, 4) is 0 Å². The molecule has 2 rings (SSSR count). The van der Waals surface area contributed by atoms with Gasteiger partial charge in [-0.15, -0.1) is 0 Å². The maximum Gasteiger partial charge on any atom is 0.302 e. The average Bonchev–Trinajstić information content (AvgIpc) is 2.49. The summed E-state index contributed by atoms with van der Waals surface area (Å²) in [5.74, 6) is 0.901. The zero-order valence-corrected chi connectivity index (χ0v) is 16.2. The van der Waals surface area contributed by atoms with Crippen LogP contribution in [-0.4, -0.2) is 12.1 Å². The predicted octanol–water partition coefficient (Wildman–Crippen LogP) is 5.85. The number of allylic oxidation sites excluding steroid dienone is 4. The van der Waals surface area contributed by atoms with Gasteiger partial charge in [0.1, 0.15) is 6.10 Å². The molecule has 0 radical (unpaired) electrons. The summed E-state index contributed by atoms with van der Waals surface area (Å²) in [5, 5.41) is 0. The second-order valence-corrected chi connectivity index (χ2v) is 8.65. The maximum atomic E-state index is 11.5. The van der Waals surface area contributed by atoms with Crippen LogP contribution in [0.3, 0.4) is 0 Å². The molecule has 0 spiro atoms. The molecule has 2 heteroatoms. The van der Waals surface area contributed by atoms with Crippen LogP contribution in [0, 0.1) is 22.7 Å². The normalized spacial score (nSPS) is 36.0. The number of esters is 1. The van der Waals surface area contributed by atoms with Gasteiger partial charge in [0.15, 0.2) is 0 Å². The van der Waals surface area contributed by atoms with E-state index in [1.165, 1.54) is 18.1 Å². The minimum atomic E-state index is -0.155. The van der Waals surface area contributed by atoms with Crippen LogP contribution in [-0.2, 0) is 9.53 Å². The molecule has 0 saturated heterocycles. The van der Waals surface area contributed by atoms with Crippen LogP contribution in [0.25, 0.3) is 0 Å². The number of rotatable bonds is 4. The summed E-state index contributed by atoms with van der Waals surface area (Å²) in [6.07, 6.45) is 9.60. The lowest BCUT2D eigenvalue weighted by Crippen LogP contribution is -2.55. The molecule has 2 fully saturated rings. The zero-order chi connectivity index (χ0) is 18.1. The Morgan fingerprint density at radius 2 is 1.96 bits per heavy atom. The van der Waals surface area contributed by atoms with Crippen molar-refractivity contribution in [1.82, 2.24) is 0 Å². The van der Waals surface area contributed by atoms with Gasteiger partial charge in [0.25, 0.3) is 0 Å². The van der Waals surface area contributed by atoms with Crippen LogP contribution < -0.4 is 0 Å². The van der Waals surface area contributed by atoms with Crippen LogP contribution in [0.2, 0.25) is 0 Å². The Morgan fingerprint density at radius 3 is 2.54 bits per heavy atom. The average molecular weight is 331 g/mol. The highest BCUT2D eigenvalue weighted by atomic mass is 16.5. The van der Waals surface area contributed by atoms with Gasteiger partial charge in [0.05, 0.1) is 0 Å². The summed E-state index contributed by atoms with van der Waals surface area (Å²) < 4.78 is 5.69. The molecule has 0 aliphatic heterocycles. The summed E-state index contributed by atoms with van der Waals surface area (Å²) in [6.45, 7) is 18.9. The van der Waals surface area contributed by atoms with Gasteiger partial charge in [0, 0.05) is 12.3 Å². The fourth-order valence-corrected chi connectivity index (χ4v) is 5.39. The Hall–Kier alpha value is -1.31. The highest BCUT2D eigenvalue weighted by molar-refractivity contribution is 5.66. The van der Waals surface area contributed by atoms with E-state index in [-0.39, 0.29) is 22.9 Å². The largest absolute Gasteiger partial charge is 0.462 e. The van der Waals surface area contributed by atoms with E-state index in [4.69, 9.17) is 4.74 Å². The highest BCUT2D eigenvalue weighted by Crippen LogP contribution is 2.62. The summed E-state index contributed by atoms with van der Waals surface area (Å²) in [7, 11) is 0. The van der Waals surface area contributed by atoms with Crippen molar-refractivity contribution in [3.63, 3.8) is 0 Å². The lowest BCUT2D eigenvalue weighted by molar-refractivity contribution is -0.173. The van der Waals surface area contributed by atoms with Crippen molar-refractivity contribution < 1.29 is 9.53 Å². The Kier molecular flexibility index (Phi) is 5.47. The fraction of sp³-hybridized carbons (Fsp3) is 0.682. The SMILES string of the molecule is C=C/C(C)=C/C[C@H]1C(=C)CC[C@@H]2C(C)(C)[C@H](OC(C)=O)CC[C@@]21C. The van der Waals surface area contributed by atoms with E-state index in [2.05, 4.69) is 46.9 Å². The number of ether oxygens (including phenoxy) is 1. The minimum absolute atomic E-state index is 0.00875. The quantitative estimate of drug-likeness (QED) is 0.367. The predicted molar refractivity (Wildman–Crippen MR) is 101 cm³/mol. The molecule has 0 aromatic rings. The summed E-state index contributed by atoms with van der Waals surface area (Å²) in [5.41, 5.74) is 2.87. The van der Waals surface area contributed by atoms with Crippen LogP contribution in [0.5, 0.6) is 0 Å². The van der Waals surface area contributed by atoms with E-state index in [0.29, 0.717) is 11.8 Å². The molecule has 0 N–H and O–H groups in total. The maximum absolute atomic E-state index is 11.5. The molecule has 134 valence electrons. The fourth-order valence-electron chi connectivity index (χ4n) is 5.39. The Bertz CT molecular complexity index is 554. The molecule has 2 saturated carbocycles. The zero-order valence-electron chi connectivity index (χ0n) is 16.2. The van der Waals surface area contributed by atoms with E-state index in [0.717, 1.165) is 32.1 Å². The van der Waals surface area contributed by atoms with Gasteiger partial charge in [-0.05, 0) is 56.3 Å². The number of carbonyl (C=O) groups excluding carboxylic acids is 1. The number of hydrogen-bond acceptors (Lipinski definition) is 2. The number of fused-ring (bicyclic) bond motifs is 1. The molecule has 0 aromatic heterocycles. The van der Waals surface area contributed by atoms with E-state index < -0.39 is 0 Å². The molecule has 2 aliphatic rings. The second kappa shape index (κ2) is 6.90. The molecule has 0 unspecified atom stereocenters. The third-order valence-electron chi connectivity index (χ3n) is 6.82. The molecular formula is C22H34O2. The molecule has 24 heavy (non-hydrogen) atoms. The van der Waals surface area contributed by atoms with Gasteiger partial charge in [-0.2, -0.15) is 0 Å². The molecule has 4 atom stereocenters. The van der Waals surface area contributed by atoms with Gasteiger partial charge in [0.2, 0.25) is 0 Å². The van der Waals surface area contributed by atoms with Crippen LogP contribution in [0.15, 0.2) is 36.5 Å². The van der Waals surface area contributed by atoms with E-state index in [9.17, 15) is 4.79 Å². The first kappa shape index (κ1) is 19.0. The van der Waals surface area contributed by atoms with Crippen molar-refractivity contribution in [2.45, 2.75) is 72.8 Å². The van der Waals surface area contributed by atoms with E-state index in [1.807, 2.05) is 6.08 Å². The topological polar surface area (TPSA) is 26.3 Å². The van der Waals surface area contributed by atoms with Crippen molar-refractivity contribution in [2.75, 3.05) is 0 Å². The first-order valence-corrected chi connectivity index (χ1v) is 9.27. The van der Waals surface area contributed by atoms with Gasteiger partial charge in [-0.1, -0.05) is 57.2 Å². The third-order valence-corrected chi connectivity index (χ3v) is 6.82. The van der Waals surface area contributed by atoms with Gasteiger partial charge in [-0.25, -0.2) is 0 Å². The van der Waals surface area contributed by atoms with Gasteiger partial charge >= 0.3 is 5.97 Å². The lowest BCUT2D eigenvalue weighted by Gasteiger charge is -2.59. The van der Waals surface area contributed by atoms with Crippen molar-refractivity contribution in [2.24, 2.45) is 22.7 Å². The molecule has 0 aromatic carbocycles. The highest BCUT2D eigenvalue weighted by Gasteiger charge is 2.56. The standard InChI is InChI=1S/C22H34O2/c1-8-15(2)9-11-18-16(3)10-12-19-21(5,6)20(24-17(4)23)13-14-22(18,19)7/h8-9,18-20H,1,3,10-14H2,2,4-7H3/b15-9+/t18-,19+,20+,22+/m0/s1. The summed E-state index contributed by atoms with van der Waals surface area (Å²) in [6, 6.07) is 0. The molecule has 2 nitrogen and oxygen atoms in total. The first-order chi connectivity index (χ1) is 11.1. The first-order valence-electron chi connectivity index (χ1n) is 9.27. The summed E-state index contributed by atoms with van der Waals surface area (Å²) in [4.78, 5) is 11.5. The van der Waals surface area contributed by atoms with Crippen LogP contribution >= 0.6 is 0 Å². The molecule has 0 heterocycles. The Morgan fingerprint density at radius 1 is 1.29 bits per heavy atom. The monoisotopic (exact) mass is 330 g/mol. The second-order valence-electron chi connectivity index (χ2n) is 8.65. The summed E-state index contributed by atoms with van der Waals surface area (Å²) >= 11 is 0. The van der Waals surface area contributed by atoms with Crippen molar-refractivity contribution >= 4 is 5.97 Å². The van der Waals surface area contributed by atoms with Crippen molar-refractivity contribution in [3.05, 3.63) is 36.5 Å². The smallest absolute Gasteiger partial charge is 0.302 e. The molecule has 2 aliphatic carbocycles. The van der Waals surface area contributed by atoms with Crippen LogP contribution in [0.1, 0.15) is 66.7 Å². The van der Waals surface area contributed by atoms with Crippen molar-refractivity contribution in [1.29, 1.82) is 0 Å². The number of carbonyl (C=O) groups is 1. The number of hydrogen-bond donors (Lipinski definition) is 0. The third kappa shape index (κ3) is 3.38. The molecule has 0 bridgehead atoms. The van der Waals surface area contributed by atoms with E-state index >= 15 is 0 Å². The Balaban J connectivity index is 2.30. The van der Waals surface area contributed by atoms with Crippen LogP contribution in [0.4, 0.5) is 0 Å². The van der Waals surface area contributed by atoms with E-state index in [1.54, 1.807) is 0 Å². The van der Waals surface area contributed by atoms with Gasteiger partial charge in [-0.3, -0.25) is 4.79 Å². The van der Waals surface area contributed by atoms with Gasteiger partial charge < -0.3 is 4.74 Å². The lowest BCUT2D eigenvalue weighted by atomic mass is 9.46. The Labute approximate surface area is 148 Å². The minimum Gasteiger partial charge on any atom is -0.462 e.